The normalized spacial score (nSPS) is 9.47. The molecule has 0 bridgehead atoms. The van der Waals surface area contributed by atoms with Crippen molar-refractivity contribution in [3.63, 3.8) is 0 Å². The molecule has 0 aliphatic carbocycles. The molecule has 78 valence electrons. The summed E-state index contributed by atoms with van der Waals surface area (Å²) in [5, 5.41) is 8.90. The third-order valence-electron chi connectivity index (χ3n) is 2.12. The van der Waals surface area contributed by atoms with Crippen molar-refractivity contribution in [1.82, 2.24) is 0 Å². The Kier molecular flexibility index (Phi) is 3.87. The van der Waals surface area contributed by atoms with Gasteiger partial charge in [-0.3, -0.25) is 0 Å². The first kappa shape index (κ1) is 11.7. The maximum atomic E-state index is 11.5. The van der Waals surface area contributed by atoms with Gasteiger partial charge in [-0.1, -0.05) is 22.9 Å². The highest BCUT2D eigenvalue weighted by Crippen LogP contribution is 2.25. The summed E-state index contributed by atoms with van der Waals surface area (Å²) < 4.78 is 5.49. The largest absolute Gasteiger partial charge is 0.465 e. The number of methoxy groups -OCH3 is 1. The Balaban J connectivity index is 3.49. The number of esters is 1. The minimum absolute atomic E-state index is 0.349. The quantitative estimate of drug-likeness (QED) is 0.775. The van der Waals surface area contributed by atoms with Gasteiger partial charge in [0.15, 0.2) is 0 Å². The van der Waals surface area contributed by atoms with E-state index in [1.807, 2.05) is 13.0 Å². The zero-order valence-corrected chi connectivity index (χ0v) is 10.1. The molecule has 15 heavy (non-hydrogen) atoms. The lowest BCUT2D eigenvalue weighted by Gasteiger charge is -2.09. The van der Waals surface area contributed by atoms with Crippen LogP contribution in [0.1, 0.15) is 28.4 Å². The predicted molar refractivity (Wildman–Crippen MR) is 59.6 cm³/mol. The molecule has 0 aliphatic heterocycles. The van der Waals surface area contributed by atoms with Crippen LogP contribution in [0.2, 0.25) is 0 Å². The Bertz CT molecular complexity index is 435. The molecule has 0 aromatic heterocycles. The number of hydrogen-bond acceptors (Lipinski definition) is 3. The molecule has 0 atom stereocenters. The van der Waals surface area contributed by atoms with Gasteiger partial charge in [-0.2, -0.15) is 5.26 Å². The van der Waals surface area contributed by atoms with Crippen LogP contribution >= 0.6 is 15.9 Å². The summed E-state index contributed by atoms with van der Waals surface area (Å²) in [7, 11) is 1.31. The number of halogens is 1. The smallest absolute Gasteiger partial charge is 0.339 e. The van der Waals surface area contributed by atoms with E-state index in [2.05, 4.69) is 20.7 Å². The topological polar surface area (TPSA) is 50.1 Å². The summed E-state index contributed by atoms with van der Waals surface area (Å²) in [5.74, 6) is -0.468. The van der Waals surface area contributed by atoms with E-state index in [-0.39, 0.29) is 0 Å². The van der Waals surface area contributed by atoms with Crippen molar-refractivity contribution >= 4 is 21.9 Å². The van der Waals surface area contributed by atoms with Gasteiger partial charge in [0.2, 0.25) is 0 Å². The Morgan fingerprint density at radius 2 is 2.27 bits per heavy atom. The molecule has 4 heteroatoms. The lowest BCUT2D eigenvalue weighted by Crippen LogP contribution is -2.08. The van der Waals surface area contributed by atoms with Crippen LogP contribution in [0.15, 0.2) is 16.6 Å². The first-order valence-corrected chi connectivity index (χ1v) is 5.24. The Morgan fingerprint density at radius 3 is 2.73 bits per heavy atom. The van der Waals surface area contributed by atoms with Crippen molar-refractivity contribution in [2.75, 3.05) is 7.11 Å². The van der Waals surface area contributed by atoms with E-state index in [0.29, 0.717) is 17.5 Å². The van der Waals surface area contributed by atoms with Gasteiger partial charge < -0.3 is 4.74 Å². The van der Waals surface area contributed by atoms with Gasteiger partial charge in [0.1, 0.15) is 6.07 Å². The average molecular weight is 268 g/mol. The number of benzene rings is 1. The van der Waals surface area contributed by atoms with Gasteiger partial charge in [-0.25, -0.2) is 4.79 Å². The fourth-order valence-corrected chi connectivity index (χ4v) is 2.01. The lowest BCUT2D eigenvalue weighted by atomic mass is 10.00. The van der Waals surface area contributed by atoms with Gasteiger partial charge >= 0.3 is 5.97 Å². The van der Waals surface area contributed by atoms with Crippen molar-refractivity contribution < 1.29 is 9.53 Å². The maximum absolute atomic E-state index is 11.5. The second-order valence-corrected chi connectivity index (χ2v) is 3.76. The fourth-order valence-electron chi connectivity index (χ4n) is 1.40. The number of nitriles is 1. The summed E-state index contributed by atoms with van der Waals surface area (Å²) in [6, 6.07) is 5.37. The molecule has 1 rings (SSSR count). The van der Waals surface area contributed by atoms with Crippen LogP contribution in [-0.4, -0.2) is 13.1 Å². The lowest BCUT2D eigenvalue weighted by molar-refractivity contribution is 0.0599. The summed E-state index contributed by atoms with van der Waals surface area (Å²) in [5.41, 5.74) is 1.51. The van der Waals surface area contributed by atoms with Crippen LogP contribution in [0, 0.1) is 11.3 Å². The number of nitrogens with zero attached hydrogens (tertiary/aromatic N) is 1. The fraction of sp³-hybridized carbons (Fsp3) is 0.273. The summed E-state index contributed by atoms with van der Waals surface area (Å²) in [6.07, 6.45) is 0.667. The van der Waals surface area contributed by atoms with Gasteiger partial charge in [-0.15, -0.1) is 0 Å². The average Bonchev–Trinajstić information content (AvgIpc) is 2.27. The van der Waals surface area contributed by atoms with E-state index in [1.165, 1.54) is 7.11 Å². The summed E-state index contributed by atoms with van der Waals surface area (Å²) >= 11 is 3.35. The molecular formula is C11H10BrNO2. The Labute approximate surface area is 96.8 Å². The van der Waals surface area contributed by atoms with E-state index in [4.69, 9.17) is 5.26 Å². The van der Waals surface area contributed by atoms with Gasteiger partial charge in [0, 0.05) is 4.47 Å². The molecule has 0 saturated heterocycles. The molecule has 3 nitrogen and oxygen atoms in total. The molecule has 0 fully saturated rings. The van der Waals surface area contributed by atoms with Crippen LogP contribution in [0.25, 0.3) is 0 Å². The molecule has 0 aliphatic rings. The highest BCUT2D eigenvalue weighted by Gasteiger charge is 2.18. The van der Waals surface area contributed by atoms with Crippen LogP contribution in [0.3, 0.4) is 0 Å². The first-order chi connectivity index (χ1) is 7.15. The van der Waals surface area contributed by atoms with Crippen molar-refractivity contribution in [3.05, 3.63) is 33.3 Å². The molecule has 1 aromatic carbocycles. The summed E-state index contributed by atoms with van der Waals surface area (Å²) in [4.78, 5) is 11.5. The molecule has 0 heterocycles. The Hall–Kier alpha value is -1.34. The third kappa shape index (κ3) is 2.18. The standard InChI is InChI=1S/C11H10BrNO2/c1-3-8-9(12)5-4-7(6-13)10(8)11(14)15-2/h4-5H,3H2,1-2H3. The molecule has 0 amide bonds. The third-order valence-corrected chi connectivity index (χ3v) is 2.86. The second kappa shape index (κ2) is 4.94. The molecule has 0 spiro atoms. The molecular weight excluding hydrogens is 258 g/mol. The predicted octanol–water partition coefficient (Wildman–Crippen LogP) is 2.67. The zero-order chi connectivity index (χ0) is 11.4. The minimum Gasteiger partial charge on any atom is -0.465 e. The van der Waals surface area contributed by atoms with Crippen LogP contribution in [0.4, 0.5) is 0 Å². The van der Waals surface area contributed by atoms with E-state index in [1.54, 1.807) is 12.1 Å². The first-order valence-electron chi connectivity index (χ1n) is 4.45. The van der Waals surface area contributed by atoms with Crippen LogP contribution in [0.5, 0.6) is 0 Å². The van der Waals surface area contributed by atoms with Crippen molar-refractivity contribution in [3.8, 4) is 6.07 Å². The Morgan fingerprint density at radius 1 is 1.60 bits per heavy atom. The van der Waals surface area contributed by atoms with Crippen LogP contribution < -0.4 is 0 Å². The number of ether oxygens (including phenoxy) is 1. The molecule has 1 aromatic rings. The molecule has 0 radical (unpaired) electrons. The maximum Gasteiger partial charge on any atom is 0.339 e. The van der Waals surface area contributed by atoms with E-state index >= 15 is 0 Å². The molecule has 0 unspecified atom stereocenters. The summed E-state index contributed by atoms with van der Waals surface area (Å²) in [6.45, 7) is 1.92. The van der Waals surface area contributed by atoms with Gasteiger partial charge in [0.25, 0.3) is 0 Å². The molecule has 0 saturated carbocycles. The number of hydrogen-bond donors (Lipinski definition) is 0. The van der Waals surface area contributed by atoms with Crippen molar-refractivity contribution in [2.45, 2.75) is 13.3 Å². The highest BCUT2D eigenvalue weighted by atomic mass is 79.9. The van der Waals surface area contributed by atoms with E-state index in [9.17, 15) is 4.79 Å². The van der Waals surface area contributed by atoms with Crippen LogP contribution in [-0.2, 0) is 11.2 Å². The number of carbonyl (C=O) groups excluding carboxylic acids is 1. The number of carbonyl (C=O) groups is 1. The monoisotopic (exact) mass is 267 g/mol. The SMILES string of the molecule is CCc1c(Br)ccc(C#N)c1C(=O)OC. The van der Waals surface area contributed by atoms with E-state index < -0.39 is 5.97 Å². The highest BCUT2D eigenvalue weighted by molar-refractivity contribution is 9.10. The van der Waals surface area contributed by atoms with Crippen molar-refractivity contribution in [1.29, 1.82) is 5.26 Å². The van der Waals surface area contributed by atoms with Gasteiger partial charge in [0.05, 0.1) is 18.2 Å². The van der Waals surface area contributed by atoms with E-state index in [0.717, 1.165) is 10.0 Å². The minimum atomic E-state index is -0.468. The zero-order valence-electron chi connectivity index (χ0n) is 8.50. The number of rotatable bonds is 2. The van der Waals surface area contributed by atoms with Crippen molar-refractivity contribution in [2.24, 2.45) is 0 Å². The second-order valence-electron chi connectivity index (χ2n) is 2.91. The molecule has 0 N–H and O–H groups in total. The van der Waals surface area contributed by atoms with Gasteiger partial charge in [-0.05, 0) is 24.1 Å².